The molecule has 26 heavy (non-hydrogen) atoms. The normalized spacial score (nSPS) is 17.0. The summed E-state index contributed by atoms with van der Waals surface area (Å²) in [5.41, 5.74) is 0.964. The molecular weight excluding hydrogens is 350 g/mol. The van der Waals surface area contributed by atoms with Gasteiger partial charge in [-0.2, -0.15) is 11.8 Å². The Balaban J connectivity index is 2.26. The summed E-state index contributed by atoms with van der Waals surface area (Å²) < 4.78 is 16.5. The average Bonchev–Trinajstić information content (AvgIpc) is 2.63. The predicted molar refractivity (Wildman–Crippen MR) is 109 cm³/mol. The smallest absolute Gasteiger partial charge is 0.194 e. The molecule has 1 N–H and O–H groups in total. The lowest BCUT2D eigenvalue weighted by atomic mass is 10.1. The SMILES string of the molecule is CCNC(=NCc1cc(OC)c(OC)cc1OC)N1CCSC(C)(C)C1. The van der Waals surface area contributed by atoms with Crippen LogP contribution in [0.3, 0.4) is 0 Å². The number of benzene rings is 1. The highest BCUT2D eigenvalue weighted by atomic mass is 32.2. The maximum absolute atomic E-state index is 5.52. The molecule has 1 aliphatic rings. The third-order valence-corrected chi connectivity index (χ3v) is 5.54. The number of methoxy groups -OCH3 is 3. The largest absolute Gasteiger partial charge is 0.496 e. The van der Waals surface area contributed by atoms with Crippen LogP contribution in [0.4, 0.5) is 0 Å². The van der Waals surface area contributed by atoms with Gasteiger partial charge >= 0.3 is 0 Å². The van der Waals surface area contributed by atoms with E-state index in [4.69, 9.17) is 19.2 Å². The summed E-state index contributed by atoms with van der Waals surface area (Å²) >= 11 is 2.01. The van der Waals surface area contributed by atoms with Crippen LogP contribution in [0.15, 0.2) is 17.1 Å². The fraction of sp³-hybridized carbons (Fsp3) is 0.632. The Bertz CT molecular complexity index is 635. The number of hydrogen-bond donors (Lipinski definition) is 1. The second-order valence-corrected chi connectivity index (χ2v) is 8.52. The second-order valence-electron chi connectivity index (χ2n) is 6.72. The predicted octanol–water partition coefficient (Wildman–Crippen LogP) is 3.01. The van der Waals surface area contributed by atoms with E-state index < -0.39 is 0 Å². The number of nitrogens with zero attached hydrogens (tertiary/aromatic N) is 2. The van der Waals surface area contributed by atoms with E-state index in [0.717, 1.165) is 42.7 Å². The fourth-order valence-corrected chi connectivity index (χ4v) is 4.11. The van der Waals surface area contributed by atoms with E-state index >= 15 is 0 Å². The molecule has 1 heterocycles. The van der Waals surface area contributed by atoms with Crippen molar-refractivity contribution in [1.82, 2.24) is 10.2 Å². The quantitative estimate of drug-likeness (QED) is 0.604. The molecule has 0 aliphatic carbocycles. The zero-order valence-corrected chi connectivity index (χ0v) is 17.5. The Labute approximate surface area is 161 Å². The number of thioether (sulfide) groups is 1. The number of aliphatic imine (C=N–C) groups is 1. The van der Waals surface area contributed by atoms with Crippen molar-refractivity contribution in [2.24, 2.45) is 4.99 Å². The first kappa shape index (κ1) is 20.6. The van der Waals surface area contributed by atoms with Crippen molar-refractivity contribution in [3.63, 3.8) is 0 Å². The van der Waals surface area contributed by atoms with Gasteiger partial charge in [-0.15, -0.1) is 0 Å². The number of hydrogen-bond acceptors (Lipinski definition) is 5. The van der Waals surface area contributed by atoms with Gasteiger partial charge in [0.2, 0.25) is 0 Å². The molecule has 1 aromatic carbocycles. The van der Waals surface area contributed by atoms with Gasteiger partial charge in [0.1, 0.15) is 5.75 Å². The van der Waals surface area contributed by atoms with Crippen LogP contribution in [0.1, 0.15) is 26.3 Å². The maximum Gasteiger partial charge on any atom is 0.194 e. The van der Waals surface area contributed by atoms with Crippen molar-refractivity contribution in [1.29, 1.82) is 0 Å². The minimum atomic E-state index is 0.232. The van der Waals surface area contributed by atoms with E-state index in [9.17, 15) is 0 Å². The molecule has 0 radical (unpaired) electrons. The highest BCUT2D eigenvalue weighted by Crippen LogP contribution is 2.35. The lowest BCUT2D eigenvalue weighted by Gasteiger charge is -2.39. The van der Waals surface area contributed by atoms with Crippen molar-refractivity contribution in [2.45, 2.75) is 32.1 Å². The molecule has 0 amide bonds. The molecule has 0 saturated carbocycles. The number of guanidine groups is 1. The Morgan fingerprint density at radius 1 is 1.15 bits per heavy atom. The molecule has 0 aromatic heterocycles. The molecule has 1 aromatic rings. The molecular formula is C19H31N3O3S. The summed E-state index contributed by atoms with van der Waals surface area (Å²) in [6.45, 7) is 9.99. The van der Waals surface area contributed by atoms with Crippen LogP contribution in [0.25, 0.3) is 0 Å². The van der Waals surface area contributed by atoms with Gasteiger partial charge in [-0.05, 0) is 26.8 Å². The highest BCUT2D eigenvalue weighted by Gasteiger charge is 2.28. The van der Waals surface area contributed by atoms with Crippen LogP contribution in [0.2, 0.25) is 0 Å². The Hall–Kier alpha value is -1.76. The minimum absolute atomic E-state index is 0.232. The third-order valence-electron chi connectivity index (χ3n) is 4.25. The molecule has 1 aliphatic heterocycles. The van der Waals surface area contributed by atoms with Crippen LogP contribution >= 0.6 is 11.8 Å². The van der Waals surface area contributed by atoms with Gasteiger partial charge in [0.25, 0.3) is 0 Å². The number of ether oxygens (including phenoxy) is 3. The molecule has 7 heteroatoms. The molecule has 6 nitrogen and oxygen atoms in total. The first-order chi connectivity index (χ1) is 12.4. The summed E-state index contributed by atoms with van der Waals surface area (Å²) in [5, 5.41) is 3.42. The van der Waals surface area contributed by atoms with Gasteiger partial charge in [-0.1, -0.05) is 0 Å². The van der Waals surface area contributed by atoms with Crippen molar-refractivity contribution in [3.8, 4) is 17.2 Å². The van der Waals surface area contributed by atoms with Gasteiger partial charge < -0.3 is 24.4 Å². The van der Waals surface area contributed by atoms with Gasteiger partial charge in [0.15, 0.2) is 17.5 Å². The first-order valence-electron chi connectivity index (χ1n) is 8.90. The molecule has 1 fully saturated rings. The van der Waals surface area contributed by atoms with E-state index in [1.54, 1.807) is 21.3 Å². The highest BCUT2D eigenvalue weighted by molar-refractivity contribution is 8.00. The molecule has 2 rings (SSSR count). The van der Waals surface area contributed by atoms with Crippen molar-refractivity contribution in [3.05, 3.63) is 17.7 Å². The van der Waals surface area contributed by atoms with Gasteiger partial charge in [0.05, 0.1) is 27.9 Å². The standard InChI is InChI=1S/C19H31N3O3S/c1-7-20-18(22-8-9-26-19(2,3)13-22)21-12-14-10-16(24-5)17(25-6)11-15(14)23-4/h10-11H,7-9,12-13H2,1-6H3,(H,20,21). The van der Waals surface area contributed by atoms with Crippen molar-refractivity contribution < 1.29 is 14.2 Å². The van der Waals surface area contributed by atoms with Crippen LogP contribution in [-0.2, 0) is 6.54 Å². The molecule has 0 spiro atoms. The maximum atomic E-state index is 5.52. The molecule has 0 bridgehead atoms. The van der Waals surface area contributed by atoms with Gasteiger partial charge in [-0.3, -0.25) is 0 Å². The Kier molecular flexibility index (Phi) is 7.32. The summed E-state index contributed by atoms with van der Waals surface area (Å²) in [4.78, 5) is 7.20. The van der Waals surface area contributed by atoms with Gasteiger partial charge in [0, 0.05) is 41.8 Å². The fourth-order valence-electron chi connectivity index (χ4n) is 3.00. The van der Waals surface area contributed by atoms with Crippen molar-refractivity contribution >= 4 is 17.7 Å². The lowest BCUT2D eigenvalue weighted by Crippen LogP contribution is -2.50. The topological polar surface area (TPSA) is 55.3 Å². The van der Waals surface area contributed by atoms with E-state index in [-0.39, 0.29) is 4.75 Å². The summed E-state index contributed by atoms with van der Waals surface area (Å²) in [6.07, 6.45) is 0. The van der Waals surface area contributed by atoms with Crippen LogP contribution in [-0.4, -0.2) is 62.3 Å². The third kappa shape index (κ3) is 5.13. The van der Waals surface area contributed by atoms with E-state index in [2.05, 4.69) is 31.0 Å². The Morgan fingerprint density at radius 2 is 1.81 bits per heavy atom. The van der Waals surface area contributed by atoms with E-state index in [1.807, 2.05) is 23.9 Å². The molecule has 0 atom stereocenters. The van der Waals surface area contributed by atoms with E-state index in [0.29, 0.717) is 18.0 Å². The van der Waals surface area contributed by atoms with Gasteiger partial charge in [-0.25, -0.2) is 4.99 Å². The minimum Gasteiger partial charge on any atom is -0.496 e. The van der Waals surface area contributed by atoms with E-state index in [1.165, 1.54) is 0 Å². The second kappa shape index (κ2) is 9.26. The first-order valence-corrected chi connectivity index (χ1v) is 9.88. The molecule has 0 unspecified atom stereocenters. The summed E-state index contributed by atoms with van der Waals surface area (Å²) in [6, 6.07) is 3.78. The number of nitrogens with one attached hydrogen (secondary N) is 1. The molecule has 1 saturated heterocycles. The van der Waals surface area contributed by atoms with Crippen LogP contribution in [0, 0.1) is 0 Å². The Morgan fingerprint density at radius 3 is 2.38 bits per heavy atom. The lowest BCUT2D eigenvalue weighted by molar-refractivity contribution is 0.347. The van der Waals surface area contributed by atoms with Crippen LogP contribution in [0.5, 0.6) is 17.2 Å². The summed E-state index contributed by atoms with van der Waals surface area (Å²) in [7, 11) is 4.91. The average molecular weight is 382 g/mol. The summed E-state index contributed by atoms with van der Waals surface area (Å²) in [5.74, 6) is 4.13. The molecule has 146 valence electrons. The monoisotopic (exact) mass is 381 g/mol. The number of rotatable bonds is 6. The zero-order chi connectivity index (χ0) is 19.2. The van der Waals surface area contributed by atoms with Crippen molar-refractivity contribution in [2.75, 3.05) is 46.7 Å². The zero-order valence-electron chi connectivity index (χ0n) is 16.7. The van der Waals surface area contributed by atoms with Crippen LogP contribution < -0.4 is 19.5 Å².